The summed E-state index contributed by atoms with van der Waals surface area (Å²) in [6, 6.07) is 4.37. The van der Waals surface area contributed by atoms with E-state index in [2.05, 4.69) is 20.9 Å². The van der Waals surface area contributed by atoms with E-state index >= 15 is 0 Å². The number of carboxylic acids is 1. The van der Waals surface area contributed by atoms with Crippen LogP contribution in [0, 0.1) is 0 Å². The van der Waals surface area contributed by atoms with Gasteiger partial charge in [0.2, 0.25) is 5.78 Å². The van der Waals surface area contributed by atoms with E-state index in [4.69, 9.17) is 9.52 Å². The van der Waals surface area contributed by atoms with E-state index in [0.29, 0.717) is 4.67 Å². The minimum absolute atomic E-state index is 0.0334. The van der Waals surface area contributed by atoms with Crippen LogP contribution in [0.3, 0.4) is 0 Å². The highest BCUT2D eigenvalue weighted by Gasteiger charge is 2.16. The van der Waals surface area contributed by atoms with Crippen LogP contribution >= 0.6 is 15.9 Å². The maximum absolute atomic E-state index is 11.8. The average molecular weight is 284 g/mol. The van der Waals surface area contributed by atoms with Crippen molar-refractivity contribution in [2.24, 2.45) is 0 Å². The molecule has 0 aliphatic heterocycles. The number of nitrogens with one attached hydrogen (secondary N) is 1. The van der Waals surface area contributed by atoms with E-state index in [1.807, 2.05) is 0 Å². The predicted octanol–water partition coefficient (Wildman–Crippen LogP) is 2.30. The summed E-state index contributed by atoms with van der Waals surface area (Å²) in [4.78, 5) is 24.9. The molecule has 2 aromatic heterocycles. The van der Waals surface area contributed by atoms with Crippen LogP contribution in [-0.4, -0.2) is 21.8 Å². The highest BCUT2D eigenvalue weighted by molar-refractivity contribution is 9.10. The number of carboxylic acid groups (broad SMARTS) is 1. The molecular formula is C10H6BrNO4. The molecule has 0 aliphatic carbocycles. The molecule has 0 atom stereocenters. The monoisotopic (exact) mass is 283 g/mol. The van der Waals surface area contributed by atoms with Crippen LogP contribution < -0.4 is 0 Å². The molecule has 6 heteroatoms. The first-order valence-electron chi connectivity index (χ1n) is 4.29. The Morgan fingerprint density at radius 1 is 1.38 bits per heavy atom. The van der Waals surface area contributed by atoms with Crippen LogP contribution in [0.15, 0.2) is 33.5 Å². The van der Waals surface area contributed by atoms with Gasteiger partial charge in [0.25, 0.3) is 0 Å². The van der Waals surface area contributed by atoms with Crippen molar-refractivity contribution in [2.75, 3.05) is 0 Å². The second kappa shape index (κ2) is 3.97. The van der Waals surface area contributed by atoms with E-state index in [1.54, 1.807) is 6.07 Å². The van der Waals surface area contributed by atoms with Gasteiger partial charge in [-0.05, 0) is 34.1 Å². The lowest BCUT2D eigenvalue weighted by atomic mass is 10.2. The van der Waals surface area contributed by atoms with Crippen LogP contribution in [0.5, 0.6) is 0 Å². The highest BCUT2D eigenvalue weighted by atomic mass is 79.9. The fourth-order valence-electron chi connectivity index (χ4n) is 1.23. The minimum atomic E-state index is -1.11. The summed E-state index contributed by atoms with van der Waals surface area (Å²) < 4.78 is 5.52. The largest absolute Gasteiger partial charge is 0.477 e. The number of aromatic nitrogens is 1. The number of hydrogen-bond acceptors (Lipinski definition) is 3. The van der Waals surface area contributed by atoms with Gasteiger partial charge in [0, 0.05) is 11.8 Å². The molecule has 16 heavy (non-hydrogen) atoms. The zero-order chi connectivity index (χ0) is 11.7. The first-order chi connectivity index (χ1) is 7.58. The van der Waals surface area contributed by atoms with Gasteiger partial charge in [-0.25, -0.2) is 4.79 Å². The highest BCUT2D eigenvalue weighted by Crippen LogP contribution is 2.17. The Bertz CT molecular complexity index is 555. The molecule has 82 valence electrons. The number of H-pyrrole nitrogens is 1. The lowest BCUT2D eigenvalue weighted by Gasteiger charge is -1.90. The van der Waals surface area contributed by atoms with Crippen molar-refractivity contribution >= 4 is 27.7 Å². The fraction of sp³-hybridized carbons (Fsp3) is 0. The number of carbonyl (C=O) groups is 2. The first-order valence-corrected chi connectivity index (χ1v) is 5.09. The van der Waals surface area contributed by atoms with Gasteiger partial charge in [-0.15, -0.1) is 0 Å². The van der Waals surface area contributed by atoms with Gasteiger partial charge in [0.1, 0.15) is 5.69 Å². The van der Waals surface area contributed by atoms with Crippen LogP contribution in [0.1, 0.15) is 26.6 Å². The molecule has 0 radical (unpaired) electrons. The van der Waals surface area contributed by atoms with Crippen molar-refractivity contribution < 1.29 is 19.1 Å². The minimum Gasteiger partial charge on any atom is -0.477 e. The van der Waals surface area contributed by atoms with Gasteiger partial charge in [-0.3, -0.25) is 4.79 Å². The lowest BCUT2D eigenvalue weighted by Crippen LogP contribution is -1.98. The number of carbonyl (C=O) groups excluding carboxylic acids is 1. The molecule has 2 N–H and O–H groups in total. The van der Waals surface area contributed by atoms with E-state index in [1.165, 1.54) is 18.3 Å². The van der Waals surface area contributed by atoms with Gasteiger partial charge in [-0.1, -0.05) is 0 Å². The summed E-state index contributed by atoms with van der Waals surface area (Å²) in [6.07, 6.45) is 1.34. The quantitative estimate of drug-likeness (QED) is 0.847. The topological polar surface area (TPSA) is 83.3 Å². The van der Waals surface area contributed by atoms with Crippen molar-refractivity contribution in [3.8, 4) is 0 Å². The number of aromatic carboxylic acids is 1. The molecule has 0 unspecified atom stereocenters. The summed E-state index contributed by atoms with van der Waals surface area (Å²) in [7, 11) is 0. The number of ketones is 1. The van der Waals surface area contributed by atoms with Crippen molar-refractivity contribution in [3.05, 3.63) is 46.1 Å². The molecule has 0 saturated carbocycles. The first kappa shape index (κ1) is 10.7. The van der Waals surface area contributed by atoms with E-state index in [9.17, 15) is 9.59 Å². The smallest absolute Gasteiger partial charge is 0.352 e. The molecule has 2 aromatic rings. The predicted molar refractivity (Wildman–Crippen MR) is 57.6 cm³/mol. The number of halogens is 1. The van der Waals surface area contributed by atoms with Gasteiger partial charge in [-0.2, -0.15) is 0 Å². The normalized spacial score (nSPS) is 10.3. The van der Waals surface area contributed by atoms with E-state index < -0.39 is 5.97 Å². The van der Waals surface area contributed by atoms with Crippen LogP contribution in [0.25, 0.3) is 0 Å². The number of furan rings is 1. The van der Waals surface area contributed by atoms with Gasteiger partial charge in [0.15, 0.2) is 10.4 Å². The van der Waals surface area contributed by atoms with Crippen molar-refractivity contribution in [2.45, 2.75) is 0 Å². The Hall–Kier alpha value is -1.82. The Morgan fingerprint density at radius 3 is 2.62 bits per heavy atom. The van der Waals surface area contributed by atoms with Gasteiger partial charge < -0.3 is 14.5 Å². The summed E-state index contributed by atoms with van der Waals surface area (Å²) in [6.45, 7) is 0. The molecule has 2 rings (SSSR count). The third-order valence-corrected chi connectivity index (χ3v) is 2.40. The maximum Gasteiger partial charge on any atom is 0.352 e. The molecule has 0 saturated heterocycles. The van der Waals surface area contributed by atoms with E-state index in [0.717, 1.165) is 0 Å². The third kappa shape index (κ3) is 1.92. The Morgan fingerprint density at radius 2 is 2.12 bits per heavy atom. The molecule has 0 aliphatic rings. The molecule has 5 nitrogen and oxygen atoms in total. The zero-order valence-electron chi connectivity index (χ0n) is 7.86. The maximum atomic E-state index is 11.8. The van der Waals surface area contributed by atoms with Crippen molar-refractivity contribution in [1.29, 1.82) is 0 Å². The summed E-state index contributed by atoms with van der Waals surface area (Å²) in [5.41, 5.74) is 0.216. The number of aromatic amines is 1. The molecule has 0 fully saturated rings. The molecule has 2 heterocycles. The molecule has 0 aromatic carbocycles. The van der Waals surface area contributed by atoms with Crippen LogP contribution in [0.4, 0.5) is 0 Å². The Labute approximate surface area is 98.2 Å². The Balaban J connectivity index is 2.30. The number of rotatable bonds is 3. The lowest BCUT2D eigenvalue weighted by molar-refractivity contribution is 0.0691. The SMILES string of the molecule is O=C(O)c1cc(C(=O)c2ccc(Br)o2)c[nH]1. The van der Waals surface area contributed by atoms with Crippen LogP contribution in [0.2, 0.25) is 0 Å². The summed E-state index contributed by atoms with van der Waals surface area (Å²) in [5, 5.41) is 8.68. The molecule has 0 amide bonds. The molecular weight excluding hydrogens is 278 g/mol. The summed E-state index contributed by atoms with van der Waals surface area (Å²) in [5.74, 6) is -1.32. The average Bonchev–Trinajstić information content (AvgIpc) is 2.84. The van der Waals surface area contributed by atoms with Crippen molar-refractivity contribution in [3.63, 3.8) is 0 Å². The van der Waals surface area contributed by atoms with Crippen LogP contribution in [-0.2, 0) is 0 Å². The van der Waals surface area contributed by atoms with Gasteiger partial charge in [0.05, 0.1) is 0 Å². The second-order valence-electron chi connectivity index (χ2n) is 3.04. The molecule has 0 bridgehead atoms. The molecule has 0 spiro atoms. The summed E-state index contributed by atoms with van der Waals surface area (Å²) >= 11 is 3.08. The van der Waals surface area contributed by atoms with Gasteiger partial charge >= 0.3 is 5.97 Å². The number of hydrogen-bond donors (Lipinski definition) is 2. The van der Waals surface area contributed by atoms with Crippen molar-refractivity contribution in [1.82, 2.24) is 4.98 Å². The van der Waals surface area contributed by atoms with E-state index in [-0.39, 0.29) is 22.8 Å². The third-order valence-electron chi connectivity index (χ3n) is 1.97. The standard InChI is InChI=1S/C10H6BrNO4/c11-8-2-1-7(16-8)9(13)5-3-6(10(14)15)12-4-5/h1-4,12H,(H,14,15). The fourth-order valence-corrected chi connectivity index (χ4v) is 1.53. The Kier molecular flexibility index (Phi) is 2.66. The zero-order valence-corrected chi connectivity index (χ0v) is 9.45. The second-order valence-corrected chi connectivity index (χ2v) is 3.82.